The van der Waals surface area contributed by atoms with Gasteiger partial charge in [-0.15, -0.1) is 0 Å². The molecule has 3 amide bonds. The van der Waals surface area contributed by atoms with Gasteiger partial charge in [-0.3, -0.25) is 29.4 Å². The van der Waals surface area contributed by atoms with Crippen LogP contribution < -0.4 is 10.2 Å². The van der Waals surface area contributed by atoms with Crippen LogP contribution in [0.15, 0.2) is 42.5 Å². The molecule has 0 bridgehead atoms. The molecule has 0 unspecified atom stereocenters. The molecule has 168 valence electrons. The van der Waals surface area contributed by atoms with Crippen molar-refractivity contribution in [1.29, 1.82) is 0 Å². The predicted molar refractivity (Wildman–Crippen MR) is 118 cm³/mol. The molecule has 0 radical (unpaired) electrons. The Morgan fingerprint density at radius 3 is 2.70 bits per heavy atom. The highest BCUT2D eigenvalue weighted by Gasteiger charge is 2.74. The zero-order valence-electron chi connectivity index (χ0n) is 18.0. The van der Waals surface area contributed by atoms with Gasteiger partial charge in [-0.2, -0.15) is 0 Å². The number of nitro benzene ring substituents is 1. The number of benzene rings is 2. The van der Waals surface area contributed by atoms with Crippen molar-refractivity contribution in [3.8, 4) is 0 Å². The first kappa shape index (κ1) is 20.0. The van der Waals surface area contributed by atoms with E-state index in [0.717, 1.165) is 41.0 Å². The summed E-state index contributed by atoms with van der Waals surface area (Å²) in [4.78, 5) is 55.2. The Bertz CT molecular complexity index is 1260. The van der Waals surface area contributed by atoms with Crippen LogP contribution in [0.25, 0.3) is 0 Å². The molecule has 33 heavy (non-hydrogen) atoms. The summed E-state index contributed by atoms with van der Waals surface area (Å²) in [6.07, 6.45) is 2.29. The molecular weight excluding hydrogens is 424 g/mol. The second kappa shape index (κ2) is 6.71. The number of nitrogens with zero attached hydrogens (tertiary/aromatic N) is 3. The van der Waals surface area contributed by atoms with Gasteiger partial charge in [0, 0.05) is 29.4 Å². The molecule has 0 saturated carbocycles. The van der Waals surface area contributed by atoms with E-state index in [1.54, 1.807) is 0 Å². The smallest absolute Gasteiger partial charge is 0.271 e. The third-order valence-corrected chi connectivity index (χ3v) is 7.79. The maximum Gasteiger partial charge on any atom is 0.271 e. The summed E-state index contributed by atoms with van der Waals surface area (Å²) in [5.41, 5.74) is 1.23. The van der Waals surface area contributed by atoms with E-state index in [1.807, 2.05) is 25.1 Å². The predicted octanol–water partition coefficient (Wildman–Crippen LogP) is 2.59. The SMILES string of the molecule is CCc1cccc2c1NC(=O)[C@]21[C@@H]2C(=O)N(c3cccc([N+](=O)[O-])c3)C(=O)[C@@H]2[C@H]2CCCN21. The maximum atomic E-state index is 13.9. The lowest BCUT2D eigenvalue weighted by atomic mass is 9.75. The molecule has 4 heterocycles. The van der Waals surface area contributed by atoms with Crippen molar-refractivity contribution >= 4 is 34.8 Å². The minimum Gasteiger partial charge on any atom is -0.324 e. The normalized spacial score (nSPS) is 30.0. The van der Waals surface area contributed by atoms with E-state index < -0.39 is 28.2 Å². The van der Waals surface area contributed by atoms with Gasteiger partial charge in [0.2, 0.25) is 17.7 Å². The largest absolute Gasteiger partial charge is 0.324 e. The molecule has 4 atom stereocenters. The number of imide groups is 1. The van der Waals surface area contributed by atoms with Crippen LogP contribution in [0, 0.1) is 22.0 Å². The van der Waals surface area contributed by atoms with Gasteiger partial charge in [-0.05, 0) is 37.4 Å². The quantitative estimate of drug-likeness (QED) is 0.441. The number of non-ortho nitro benzene ring substituents is 1. The van der Waals surface area contributed by atoms with E-state index in [9.17, 15) is 24.5 Å². The third-order valence-electron chi connectivity index (χ3n) is 7.79. The summed E-state index contributed by atoms with van der Waals surface area (Å²) in [6.45, 7) is 2.65. The summed E-state index contributed by atoms with van der Waals surface area (Å²) in [5, 5.41) is 14.3. The molecule has 1 N–H and O–H groups in total. The van der Waals surface area contributed by atoms with E-state index >= 15 is 0 Å². The van der Waals surface area contributed by atoms with E-state index in [1.165, 1.54) is 24.3 Å². The Morgan fingerprint density at radius 2 is 1.94 bits per heavy atom. The van der Waals surface area contributed by atoms with Crippen LogP contribution in [-0.2, 0) is 26.3 Å². The molecular formula is C24H22N4O5. The number of hydrogen-bond acceptors (Lipinski definition) is 6. The van der Waals surface area contributed by atoms with Gasteiger partial charge < -0.3 is 5.32 Å². The number of para-hydroxylation sites is 1. The fraction of sp³-hybridized carbons (Fsp3) is 0.375. The van der Waals surface area contributed by atoms with Crippen LogP contribution in [0.1, 0.15) is 30.9 Å². The molecule has 6 rings (SSSR count). The Hall–Kier alpha value is -3.59. The molecule has 3 fully saturated rings. The second-order valence-electron chi connectivity index (χ2n) is 9.11. The van der Waals surface area contributed by atoms with Gasteiger partial charge >= 0.3 is 0 Å². The topological polar surface area (TPSA) is 113 Å². The number of aryl methyl sites for hydroxylation is 1. The van der Waals surface area contributed by atoms with Crippen LogP contribution in [-0.4, -0.2) is 40.1 Å². The lowest BCUT2D eigenvalue weighted by Gasteiger charge is -2.36. The number of nitro groups is 1. The van der Waals surface area contributed by atoms with Crippen LogP contribution in [0.2, 0.25) is 0 Å². The number of nitrogens with one attached hydrogen (secondary N) is 1. The highest BCUT2D eigenvalue weighted by molar-refractivity contribution is 6.26. The summed E-state index contributed by atoms with van der Waals surface area (Å²) >= 11 is 0. The fourth-order valence-electron chi connectivity index (χ4n) is 6.59. The Labute approximate surface area is 189 Å². The van der Waals surface area contributed by atoms with Crippen LogP contribution >= 0.6 is 0 Å². The number of hydrogen-bond donors (Lipinski definition) is 1. The summed E-state index contributed by atoms with van der Waals surface area (Å²) in [7, 11) is 0. The van der Waals surface area contributed by atoms with E-state index in [0.29, 0.717) is 6.54 Å². The van der Waals surface area contributed by atoms with E-state index in [-0.39, 0.29) is 29.2 Å². The van der Waals surface area contributed by atoms with Crippen LogP contribution in [0.3, 0.4) is 0 Å². The molecule has 2 aromatic carbocycles. The number of fused-ring (bicyclic) bond motifs is 7. The molecule has 9 heteroatoms. The van der Waals surface area contributed by atoms with Gasteiger partial charge in [0.1, 0.15) is 5.54 Å². The number of anilines is 2. The summed E-state index contributed by atoms with van der Waals surface area (Å²) in [6, 6.07) is 11.1. The highest BCUT2D eigenvalue weighted by Crippen LogP contribution is 2.61. The zero-order chi connectivity index (χ0) is 23.1. The lowest BCUT2D eigenvalue weighted by molar-refractivity contribution is -0.384. The lowest BCUT2D eigenvalue weighted by Crippen LogP contribution is -2.54. The highest BCUT2D eigenvalue weighted by atomic mass is 16.6. The van der Waals surface area contributed by atoms with Gasteiger partial charge in [0.05, 0.1) is 22.4 Å². The fourth-order valence-corrected chi connectivity index (χ4v) is 6.59. The number of carbonyl (C=O) groups is 3. The van der Waals surface area contributed by atoms with Gasteiger partial charge in [-0.25, -0.2) is 4.90 Å². The van der Waals surface area contributed by atoms with Gasteiger partial charge in [0.25, 0.3) is 5.69 Å². The summed E-state index contributed by atoms with van der Waals surface area (Å²) in [5.74, 6) is -2.65. The molecule has 0 aliphatic carbocycles. The number of carbonyl (C=O) groups excluding carboxylic acids is 3. The first-order valence-electron chi connectivity index (χ1n) is 11.2. The van der Waals surface area contributed by atoms with Gasteiger partial charge in [-0.1, -0.05) is 31.2 Å². The molecule has 4 aliphatic rings. The minimum absolute atomic E-state index is 0.175. The van der Waals surface area contributed by atoms with Gasteiger partial charge in [0.15, 0.2) is 0 Å². The van der Waals surface area contributed by atoms with Crippen molar-refractivity contribution < 1.29 is 19.3 Å². The van der Waals surface area contributed by atoms with E-state index in [4.69, 9.17) is 0 Å². The molecule has 1 spiro atoms. The monoisotopic (exact) mass is 446 g/mol. The van der Waals surface area contributed by atoms with Crippen molar-refractivity contribution in [2.75, 3.05) is 16.8 Å². The molecule has 3 saturated heterocycles. The Morgan fingerprint density at radius 1 is 1.15 bits per heavy atom. The average molecular weight is 446 g/mol. The molecule has 0 aromatic heterocycles. The number of amides is 3. The van der Waals surface area contributed by atoms with E-state index in [2.05, 4.69) is 10.2 Å². The van der Waals surface area contributed by atoms with Crippen molar-refractivity contribution in [3.05, 3.63) is 63.7 Å². The summed E-state index contributed by atoms with van der Waals surface area (Å²) < 4.78 is 0. The third kappa shape index (κ3) is 2.32. The van der Waals surface area contributed by atoms with Crippen molar-refractivity contribution in [2.45, 2.75) is 37.8 Å². The van der Waals surface area contributed by atoms with Crippen molar-refractivity contribution in [1.82, 2.24) is 4.90 Å². The maximum absolute atomic E-state index is 13.9. The Balaban J connectivity index is 1.54. The first-order chi connectivity index (χ1) is 15.9. The standard InChI is InChI=1S/C24H22N4O5/c1-2-13-6-3-9-16-20(13)25-23(31)24(16)19-18(17-10-5-11-26(17)24)21(29)27(22(19)30)14-7-4-8-15(12-14)28(32)33/h3-4,6-9,12,17-19H,2,5,10-11H2,1H3,(H,25,31)/t17-,18-,19+,24-/m1/s1. The van der Waals surface area contributed by atoms with Crippen LogP contribution in [0.5, 0.6) is 0 Å². The second-order valence-corrected chi connectivity index (χ2v) is 9.11. The van der Waals surface area contributed by atoms with Crippen molar-refractivity contribution in [2.24, 2.45) is 11.8 Å². The average Bonchev–Trinajstić information content (AvgIpc) is 3.51. The first-order valence-corrected chi connectivity index (χ1v) is 11.2. The van der Waals surface area contributed by atoms with Crippen molar-refractivity contribution in [3.63, 3.8) is 0 Å². The number of rotatable bonds is 3. The Kier molecular flexibility index (Phi) is 4.08. The molecule has 4 aliphatic heterocycles. The minimum atomic E-state index is -1.24. The molecule has 9 nitrogen and oxygen atoms in total. The zero-order valence-corrected chi connectivity index (χ0v) is 18.0. The van der Waals surface area contributed by atoms with Crippen LogP contribution in [0.4, 0.5) is 17.1 Å². The molecule has 2 aromatic rings.